The van der Waals surface area contributed by atoms with E-state index >= 15 is 0 Å². The molecule has 0 bridgehead atoms. The van der Waals surface area contributed by atoms with Crippen LogP contribution in [0.1, 0.15) is 58.3 Å². The summed E-state index contributed by atoms with van der Waals surface area (Å²) in [4.78, 5) is 2.66. The molecule has 2 fully saturated rings. The second-order valence-corrected chi connectivity index (χ2v) is 6.57. The number of nitrogens with zero attached hydrogens (tertiary/aromatic N) is 1. The van der Waals surface area contributed by atoms with Crippen LogP contribution in [0.3, 0.4) is 0 Å². The number of hydrogen-bond donors (Lipinski definition) is 0. The summed E-state index contributed by atoms with van der Waals surface area (Å²) >= 11 is 0. The van der Waals surface area contributed by atoms with Crippen LogP contribution in [0.2, 0.25) is 0 Å². The Morgan fingerprint density at radius 1 is 1.06 bits per heavy atom. The average Bonchev–Trinajstić information content (AvgIpc) is 2.81. The van der Waals surface area contributed by atoms with Gasteiger partial charge >= 0.3 is 0 Å². The third kappa shape index (κ3) is 4.55. The van der Waals surface area contributed by atoms with Crippen molar-refractivity contribution in [1.29, 1.82) is 0 Å². The molecule has 1 heterocycles. The second-order valence-electron chi connectivity index (χ2n) is 6.57. The Balaban J connectivity index is 1.48. The molecule has 0 spiro atoms. The minimum atomic E-state index is 0.562. The maximum Gasteiger partial charge on any atom is 0.0571 e. The lowest BCUT2D eigenvalue weighted by Crippen LogP contribution is -2.22. The minimum Gasteiger partial charge on any atom is -0.381 e. The van der Waals surface area contributed by atoms with Crippen LogP contribution in [0.15, 0.2) is 0 Å². The van der Waals surface area contributed by atoms with E-state index in [1.165, 1.54) is 71.0 Å². The molecule has 18 heavy (non-hydrogen) atoms. The van der Waals surface area contributed by atoms with Crippen LogP contribution >= 0.6 is 0 Å². The van der Waals surface area contributed by atoms with Gasteiger partial charge in [0.05, 0.1) is 6.10 Å². The smallest absolute Gasteiger partial charge is 0.0571 e. The van der Waals surface area contributed by atoms with Crippen LogP contribution in [0.25, 0.3) is 0 Å². The number of methoxy groups -OCH3 is 1. The van der Waals surface area contributed by atoms with Crippen LogP contribution in [-0.4, -0.2) is 37.7 Å². The molecule has 1 atom stereocenters. The van der Waals surface area contributed by atoms with Crippen LogP contribution in [-0.2, 0) is 4.74 Å². The second kappa shape index (κ2) is 7.49. The first-order valence-electron chi connectivity index (χ1n) is 8.03. The van der Waals surface area contributed by atoms with E-state index in [1.807, 2.05) is 7.11 Å². The normalized spacial score (nSPS) is 34.0. The SMILES string of the molecule is COC1CCC(CCCCN2CCC(C)C2)CC1. The van der Waals surface area contributed by atoms with E-state index in [4.69, 9.17) is 4.74 Å². The minimum absolute atomic E-state index is 0.562. The summed E-state index contributed by atoms with van der Waals surface area (Å²) in [6, 6.07) is 0. The van der Waals surface area contributed by atoms with Gasteiger partial charge < -0.3 is 9.64 Å². The van der Waals surface area contributed by atoms with Gasteiger partial charge in [0.25, 0.3) is 0 Å². The lowest BCUT2D eigenvalue weighted by atomic mass is 9.84. The Bertz CT molecular complexity index is 223. The Kier molecular flexibility index (Phi) is 5.97. The third-order valence-electron chi connectivity index (χ3n) is 4.97. The third-order valence-corrected chi connectivity index (χ3v) is 4.97. The molecule has 1 saturated carbocycles. The van der Waals surface area contributed by atoms with E-state index in [9.17, 15) is 0 Å². The van der Waals surface area contributed by atoms with E-state index in [0.29, 0.717) is 6.10 Å². The summed E-state index contributed by atoms with van der Waals surface area (Å²) in [5, 5.41) is 0. The van der Waals surface area contributed by atoms with Crippen molar-refractivity contribution >= 4 is 0 Å². The van der Waals surface area contributed by atoms with Crippen molar-refractivity contribution in [3.05, 3.63) is 0 Å². The summed E-state index contributed by atoms with van der Waals surface area (Å²) in [6.07, 6.45) is 11.7. The zero-order chi connectivity index (χ0) is 12.8. The molecule has 1 saturated heterocycles. The fourth-order valence-electron chi connectivity index (χ4n) is 3.65. The van der Waals surface area contributed by atoms with Gasteiger partial charge in [-0.3, -0.25) is 0 Å². The molecule has 0 aromatic rings. The number of likely N-dealkylation sites (tertiary alicyclic amines) is 1. The summed E-state index contributed by atoms with van der Waals surface area (Å²) in [5.74, 6) is 1.93. The summed E-state index contributed by atoms with van der Waals surface area (Å²) in [7, 11) is 1.86. The molecule has 1 aliphatic heterocycles. The van der Waals surface area contributed by atoms with Gasteiger partial charge in [-0.05, 0) is 63.5 Å². The molecule has 1 unspecified atom stereocenters. The van der Waals surface area contributed by atoms with Gasteiger partial charge in [0.2, 0.25) is 0 Å². The van der Waals surface area contributed by atoms with Crippen molar-refractivity contribution in [2.24, 2.45) is 11.8 Å². The fourth-order valence-corrected chi connectivity index (χ4v) is 3.65. The summed E-state index contributed by atoms with van der Waals surface area (Å²) in [6.45, 7) is 6.42. The lowest BCUT2D eigenvalue weighted by molar-refractivity contribution is 0.0551. The highest BCUT2D eigenvalue weighted by atomic mass is 16.5. The van der Waals surface area contributed by atoms with Gasteiger partial charge in [-0.1, -0.05) is 19.8 Å². The van der Waals surface area contributed by atoms with Gasteiger partial charge in [-0.25, -0.2) is 0 Å². The van der Waals surface area contributed by atoms with Crippen molar-refractivity contribution in [3.63, 3.8) is 0 Å². The molecule has 0 amide bonds. The molecule has 106 valence electrons. The first kappa shape index (κ1) is 14.3. The van der Waals surface area contributed by atoms with Crippen molar-refractivity contribution < 1.29 is 4.74 Å². The summed E-state index contributed by atoms with van der Waals surface area (Å²) in [5.41, 5.74) is 0. The van der Waals surface area contributed by atoms with Crippen molar-refractivity contribution in [2.75, 3.05) is 26.7 Å². The Morgan fingerprint density at radius 3 is 2.44 bits per heavy atom. The molecule has 2 aliphatic rings. The fraction of sp³-hybridized carbons (Fsp3) is 1.00. The Hall–Kier alpha value is -0.0800. The zero-order valence-electron chi connectivity index (χ0n) is 12.4. The Morgan fingerprint density at radius 2 is 1.83 bits per heavy atom. The zero-order valence-corrected chi connectivity index (χ0v) is 12.4. The lowest BCUT2D eigenvalue weighted by Gasteiger charge is -2.27. The summed E-state index contributed by atoms with van der Waals surface area (Å²) < 4.78 is 5.44. The van der Waals surface area contributed by atoms with Crippen molar-refractivity contribution in [1.82, 2.24) is 4.90 Å². The van der Waals surface area contributed by atoms with Gasteiger partial charge in [0.15, 0.2) is 0 Å². The molecule has 2 heteroatoms. The maximum atomic E-state index is 5.44. The van der Waals surface area contributed by atoms with E-state index in [2.05, 4.69) is 11.8 Å². The molecular formula is C16H31NO. The van der Waals surface area contributed by atoms with E-state index < -0.39 is 0 Å². The van der Waals surface area contributed by atoms with Crippen molar-refractivity contribution in [3.8, 4) is 0 Å². The largest absolute Gasteiger partial charge is 0.381 e. The highest BCUT2D eigenvalue weighted by Crippen LogP contribution is 2.29. The number of rotatable bonds is 6. The van der Waals surface area contributed by atoms with E-state index in [-0.39, 0.29) is 0 Å². The van der Waals surface area contributed by atoms with Crippen LogP contribution in [0.4, 0.5) is 0 Å². The quantitative estimate of drug-likeness (QED) is 0.669. The highest BCUT2D eigenvalue weighted by Gasteiger charge is 2.21. The van der Waals surface area contributed by atoms with Crippen LogP contribution < -0.4 is 0 Å². The molecule has 2 nitrogen and oxygen atoms in total. The predicted octanol–water partition coefficient (Wildman–Crippen LogP) is 3.70. The van der Waals surface area contributed by atoms with Gasteiger partial charge in [-0.2, -0.15) is 0 Å². The molecule has 1 aliphatic carbocycles. The highest BCUT2D eigenvalue weighted by molar-refractivity contribution is 4.74. The van der Waals surface area contributed by atoms with E-state index in [1.54, 1.807) is 0 Å². The average molecular weight is 253 g/mol. The molecule has 0 aromatic heterocycles. The molecule has 0 aromatic carbocycles. The van der Waals surface area contributed by atoms with Gasteiger partial charge in [0, 0.05) is 13.7 Å². The maximum absolute atomic E-state index is 5.44. The van der Waals surface area contributed by atoms with Crippen LogP contribution in [0.5, 0.6) is 0 Å². The number of hydrogen-bond acceptors (Lipinski definition) is 2. The van der Waals surface area contributed by atoms with Gasteiger partial charge in [0.1, 0.15) is 0 Å². The molecule has 2 rings (SSSR count). The first-order valence-corrected chi connectivity index (χ1v) is 8.03. The molecular weight excluding hydrogens is 222 g/mol. The Labute approximate surface area is 113 Å². The molecule has 0 radical (unpaired) electrons. The number of unbranched alkanes of at least 4 members (excludes halogenated alkanes) is 1. The standard InChI is InChI=1S/C16H31NO/c1-14-10-12-17(13-14)11-4-3-5-15-6-8-16(18-2)9-7-15/h14-16H,3-13H2,1-2H3. The first-order chi connectivity index (χ1) is 8.78. The van der Waals surface area contributed by atoms with Gasteiger partial charge in [-0.15, -0.1) is 0 Å². The predicted molar refractivity (Wildman–Crippen MR) is 76.8 cm³/mol. The topological polar surface area (TPSA) is 12.5 Å². The monoisotopic (exact) mass is 253 g/mol. The number of ether oxygens (including phenoxy) is 1. The van der Waals surface area contributed by atoms with Crippen LogP contribution in [0, 0.1) is 11.8 Å². The van der Waals surface area contributed by atoms with E-state index in [0.717, 1.165) is 11.8 Å². The van der Waals surface area contributed by atoms with Crippen molar-refractivity contribution in [2.45, 2.75) is 64.4 Å². The molecule has 0 N–H and O–H groups in total.